The zero-order valence-electron chi connectivity index (χ0n) is 6.80. The van der Waals surface area contributed by atoms with E-state index in [1.54, 1.807) is 0 Å². The molecule has 0 bridgehead atoms. The van der Waals surface area contributed by atoms with E-state index in [9.17, 15) is 4.79 Å². The Morgan fingerprint density at radius 3 is 3.09 bits per heavy atom. The molecule has 2 heterocycles. The van der Waals surface area contributed by atoms with Crippen molar-refractivity contribution in [3.05, 3.63) is 0 Å². The monoisotopic (exact) mass is 155 g/mol. The van der Waals surface area contributed by atoms with E-state index in [1.165, 1.54) is 6.42 Å². The fourth-order valence-corrected chi connectivity index (χ4v) is 1.94. The fourth-order valence-electron chi connectivity index (χ4n) is 1.94. The lowest BCUT2D eigenvalue weighted by Gasteiger charge is -2.35. The van der Waals surface area contributed by atoms with Crippen molar-refractivity contribution in [1.29, 1.82) is 0 Å². The van der Waals surface area contributed by atoms with Crippen LogP contribution < -0.4 is 0 Å². The van der Waals surface area contributed by atoms with Gasteiger partial charge in [-0.1, -0.05) is 0 Å². The topological polar surface area (TPSA) is 29.5 Å². The molecule has 1 atom stereocenters. The Balaban J connectivity index is 2.21. The zero-order valence-corrected chi connectivity index (χ0v) is 6.80. The van der Waals surface area contributed by atoms with Crippen LogP contribution in [-0.4, -0.2) is 29.7 Å². The molecule has 0 spiro atoms. The van der Waals surface area contributed by atoms with Gasteiger partial charge in [-0.25, -0.2) is 4.79 Å². The summed E-state index contributed by atoms with van der Waals surface area (Å²) in [5, 5.41) is 0. The van der Waals surface area contributed by atoms with Gasteiger partial charge in [0.05, 0.1) is 5.54 Å². The molecule has 0 saturated carbocycles. The minimum atomic E-state index is -0.118. The molecule has 2 aliphatic rings. The maximum atomic E-state index is 11.1. The Kier molecular flexibility index (Phi) is 1.34. The quantitative estimate of drug-likeness (QED) is 0.529. The van der Waals surface area contributed by atoms with Crippen LogP contribution in [0.4, 0.5) is 4.79 Å². The van der Waals surface area contributed by atoms with Crippen molar-refractivity contribution in [2.45, 2.75) is 31.7 Å². The minimum absolute atomic E-state index is 0.0231. The van der Waals surface area contributed by atoms with E-state index < -0.39 is 0 Å². The third-order valence-corrected chi connectivity index (χ3v) is 2.73. The fraction of sp³-hybridized carbons (Fsp3) is 0.875. The van der Waals surface area contributed by atoms with E-state index in [0.29, 0.717) is 6.61 Å². The van der Waals surface area contributed by atoms with Gasteiger partial charge in [-0.3, -0.25) is 4.90 Å². The molecule has 11 heavy (non-hydrogen) atoms. The average Bonchev–Trinajstić information content (AvgIpc) is 2.29. The van der Waals surface area contributed by atoms with Crippen LogP contribution in [-0.2, 0) is 4.74 Å². The molecule has 2 aliphatic heterocycles. The molecule has 3 heteroatoms. The van der Waals surface area contributed by atoms with Gasteiger partial charge in [-0.15, -0.1) is 0 Å². The van der Waals surface area contributed by atoms with Crippen LogP contribution in [0.15, 0.2) is 0 Å². The molecule has 1 amide bonds. The van der Waals surface area contributed by atoms with E-state index in [4.69, 9.17) is 4.74 Å². The Morgan fingerprint density at radius 2 is 2.36 bits per heavy atom. The SMILES string of the molecule is C[C@]12CCCCN1C(=O)OC2. The number of ether oxygens (including phenoxy) is 1. The average molecular weight is 155 g/mol. The Labute approximate surface area is 66.3 Å². The van der Waals surface area contributed by atoms with Gasteiger partial charge in [0.15, 0.2) is 0 Å². The number of hydrogen-bond acceptors (Lipinski definition) is 2. The first-order valence-corrected chi connectivity index (χ1v) is 4.17. The highest BCUT2D eigenvalue weighted by Gasteiger charge is 2.44. The lowest BCUT2D eigenvalue weighted by Crippen LogP contribution is -2.47. The summed E-state index contributed by atoms with van der Waals surface area (Å²) >= 11 is 0. The first-order valence-electron chi connectivity index (χ1n) is 4.17. The summed E-state index contributed by atoms with van der Waals surface area (Å²) in [6.07, 6.45) is 3.33. The maximum absolute atomic E-state index is 11.1. The van der Waals surface area contributed by atoms with E-state index in [0.717, 1.165) is 19.4 Å². The van der Waals surface area contributed by atoms with Crippen LogP contribution in [0.1, 0.15) is 26.2 Å². The second kappa shape index (κ2) is 2.13. The standard InChI is InChI=1S/C8H13NO2/c1-8-4-2-3-5-9(8)7(10)11-6-8/h2-6H2,1H3/t8-/m1/s1. The second-order valence-electron chi connectivity index (χ2n) is 3.66. The molecule has 3 nitrogen and oxygen atoms in total. The zero-order chi connectivity index (χ0) is 7.90. The van der Waals surface area contributed by atoms with Crippen molar-refractivity contribution in [1.82, 2.24) is 4.90 Å². The number of piperidine rings is 1. The molecule has 2 fully saturated rings. The van der Waals surface area contributed by atoms with Gasteiger partial charge in [-0.2, -0.15) is 0 Å². The van der Waals surface area contributed by atoms with Crippen LogP contribution in [0.5, 0.6) is 0 Å². The maximum Gasteiger partial charge on any atom is 0.410 e. The highest BCUT2D eigenvalue weighted by atomic mass is 16.6. The number of carbonyl (C=O) groups excluding carboxylic acids is 1. The van der Waals surface area contributed by atoms with Gasteiger partial charge in [0.25, 0.3) is 0 Å². The molecule has 0 N–H and O–H groups in total. The molecule has 62 valence electrons. The van der Waals surface area contributed by atoms with E-state index >= 15 is 0 Å². The molecule has 0 radical (unpaired) electrons. The first-order chi connectivity index (χ1) is 5.22. The van der Waals surface area contributed by atoms with Gasteiger partial charge in [0.2, 0.25) is 0 Å². The van der Waals surface area contributed by atoms with Crippen molar-refractivity contribution in [2.24, 2.45) is 0 Å². The van der Waals surface area contributed by atoms with Crippen LogP contribution in [0, 0.1) is 0 Å². The molecular weight excluding hydrogens is 142 g/mol. The molecule has 0 aromatic heterocycles. The van der Waals surface area contributed by atoms with E-state index in [2.05, 4.69) is 6.92 Å². The summed E-state index contributed by atoms with van der Waals surface area (Å²) in [6.45, 7) is 3.58. The molecule has 0 aromatic rings. The third kappa shape index (κ3) is 0.905. The highest BCUT2D eigenvalue weighted by Crippen LogP contribution is 2.32. The third-order valence-electron chi connectivity index (χ3n) is 2.73. The first kappa shape index (κ1) is 6.95. The predicted molar refractivity (Wildman–Crippen MR) is 40.3 cm³/mol. The van der Waals surface area contributed by atoms with Gasteiger partial charge in [0.1, 0.15) is 6.61 Å². The second-order valence-corrected chi connectivity index (χ2v) is 3.66. The van der Waals surface area contributed by atoms with Crippen molar-refractivity contribution in [3.63, 3.8) is 0 Å². The minimum Gasteiger partial charge on any atom is -0.447 e. The van der Waals surface area contributed by atoms with Crippen molar-refractivity contribution in [3.8, 4) is 0 Å². The van der Waals surface area contributed by atoms with Gasteiger partial charge in [0, 0.05) is 6.54 Å². The highest BCUT2D eigenvalue weighted by molar-refractivity contribution is 5.71. The summed E-state index contributed by atoms with van der Waals surface area (Å²) in [5.74, 6) is 0. The number of amides is 1. The number of cyclic esters (lactones) is 1. The number of hydrogen-bond donors (Lipinski definition) is 0. The normalized spacial score (nSPS) is 36.8. The van der Waals surface area contributed by atoms with Gasteiger partial charge >= 0.3 is 6.09 Å². The number of carbonyl (C=O) groups is 1. The van der Waals surface area contributed by atoms with Crippen LogP contribution in [0.25, 0.3) is 0 Å². The molecule has 0 aromatic carbocycles. The van der Waals surface area contributed by atoms with E-state index in [-0.39, 0.29) is 11.6 Å². The van der Waals surface area contributed by atoms with Crippen LogP contribution in [0.2, 0.25) is 0 Å². The predicted octanol–water partition coefficient (Wildman–Crippen LogP) is 1.38. The lowest BCUT2D eigenvalue weighted by atomic mass is 9.91. The largest absolute Gasteiger partial charge is 0.447 e. The van der Waals surface area contributed by atoms with Gasteiger partial charge < -0.3 is 4.74 Å². The van der Waals surface area contributed by atoms with Crippen molar-refractivity contribution >= 4 is 6.09 Å². The lowest BCUT2D eigenvalue weighted by molar-refractivity contribution is 0.131. The molecule has 2 rings (SSSR count). The van der Waals surface area contributed by atoms with E-state index in [1.807, 2.05) is 4.90 Å². The summed E-state index contributed by atoms with van der Waals surface area (Å²) in [6, 6.07) is 0. The molecule has 0 unspecified atom stereocenters. The summed E-state index contributed by atoms with van der Waals surface area (Å²) in [5.41, 5.74) is 0.0231. The van der Waals surface area contributed by atoms with Crippen molar-refractivity contribution < 1.29 is 9.53 Å². The summed E-state index contributed by atoms with van der Waals surface area (Å²) < 4.78 is 4.99. The number of fused-ring (bicyclic) bond motifs is 1. The Bertz CT molecular complexity index is 193. The molecule has 2 saturated heterocycles. The number of nitrogens with zero attached hydrogens (tertiary/aromatic N) is 1. The molecular formula is C8H13NO2. The van der Waals surface area contributed by atoms with Crippen LogP contribution in [0.3, 0.4) is 0 Å². The Hall–Kier alpha value is -0.730. The van der Waals surface area contributed by atoms with Gasteiger partial charge in [-0.05, 0) is 26.2 Å². The summed E-state index contributed by atoms with van der Waals surface area (Å²) in [4.78, 5) is 13.0. The van der Waals surface area contributed by atoms with Crippen LogP contribution >= 0.6 is 0 Å². The summed E-state index contributed by atoms with van der Waals surface area (Å²) in [7, 11) is 0. The smallest absolute Gasteiger partial charge is 0.410 e. The Morgan fingerprint density at radius 1 is 1.55 bits per heavy atom. The number of rotatable bonds is 0. The molecule has 0 aliphatic carbocycles. The van der Waals surface area contributed by atoms with Crippen molar-refractivity contribution in [2.75, 3.05) is 13.2 Å².